The molecule has 0 spiro atoms. The smallest absolute Gasteiger partial charge is 0.407 e. The molecule has 0 aliphatic heterocycles. The summed E-state index contributed by atoms with van der Waals surface area (Å²) < 4.78 is 5.55. The number of hydrogen-bond donors (Lipinski definition) is 3. The molecule has 3 aromatic rings. The number of fused-ring (bicyclic) bond motifs is 3. The summed E-state index contributed by atoms with van der Waals surface area (Å²) in [5, 5.41) is 15.2. The Morgan fingerprint density at radius 2 is 1.71 bits per heavy atom. The normalized spacial score (nSPS) is 17.9. The van der Waals surface area contributed by atoms with Crippen molar-refractivity contribution in [1.82, 2.24) is 15.6 Å². The first-order chi connectivity index (χ1) is 16.9. The van der Waals surface area contributed by atoms with Gasteiger partial charge in [0.1, 0.15) is 11.6 Å². The Balaban J connectivity index is 1.07. The molecule has 2 amide bonds. The molecule has 180 valence electrons. The van der Waals surface area contributed by atoms with Crippen molar-refractivity contribution in [3.05, 3.63) is 75.2 Å². The number of thiazole rings is 1. The maximum Gasteiger partial charge on any atom is 0.407 e. The van der Waals surface area contributed by atoms with E-state index in [0.717, 1.165) is 11.1 Å². The highest BCUT2D eigenvalue weighted by molar-refractivity contribution is 7.11. The van der Waals surface area contributed by atoms with Gasteiger partial charge < -0.3 is 20.5 Å². The standard InChI is InChI=1S/C26H25N3O5S/c1-14-23(25(31)32)29-22(35-14)12-27-24(30)20-10-15(20)11-28-26(33)34-13-21-18-8-4-2-6-16(18)17-7-3-5-9-19(17)21/h2-9,15,20-21H,10-13H2,1H3,(H,27,30)(H,28,33)(H,31,32)/t15-,20-/m0/s1. The fraction of sp³-hybridized carbons (Fsp3) is 0.308. The molecule has 1 aromatic heterocycles. The zero-order valence-electron chi connectivity index (χ0n) is 19.1. The van der Waals surface area contributed by atoms with Crippen LogP contribution in [0, 0.1) is 18.8 Å². The van der Waals surface area contributed by atoms with Gasteiger partial charge in [-0.15, -0.1) is 11.3 Å². The second kappa shape index (κ2) is 9.50. The number of rotatable bonds is 8. The van der Waals surface area contributed by atoms with Crippen LogP contribution in [0.15, 0.2) is 48.5 Å². The number of amides is 2. The fourth-order valence-corrected chi connectivity index (χ4v) is 5.54. The van der Waals surface area contributed by atoms with E-state index in [0.29, 0.717) is 22.9 Å². The minimum atomic E-state index is -1.07. The SMILES string of the molecule is Cc1sc(CNC(=O)[C@H]2C[C@H]2CNC(=O)OCC2c3ccccc3-c3ccccc32)nc1C(=O)O. The summed E-state index contributed by atoms with van der Waals surface area (Å²) in [4.78, 5) is 40.5. The molecular formula is C26H25N3O5S. The Hall–Kier alpha value is -3.72. The lowest BCUT2D eigenvalue weighted by molar-refractivity contribution is -0.122. The maximum absolute atomic E-state index is 12.4. The summed E-state index contributed by atoms with van der Waals surface area (Å²) in [6, 6.07) is 16.3. The number of hydrogen-bond acceptors (Lipinski definition) is 6. The number of carboxylic acid groups (broad SMARTS) is 1. The van der Waals surface area contributed by atoms with Crippen LogP contribution in [-0.2, 0) is 16.1 Å². The molecule has 2 aliphatic carbocycles. The van der Waals surface area contributed by atoms with E-state index in [9.17, 15) is 14.4 Å². The van der Waals surface area contributed by atoms with E-state index in [1.54, 1.807) is 6.92 Å². The second-order valence-corrected chi connectivity index (χ2v) is 10.1. The van der Waals surface area contributed by atoms with E-state index in [1.165, 1.54) is 22.5 Å². The number of ether oxygens (including phenoxy) is 1. The van der Waals surface area contributed by atoms with Gasteiger partial charge in [0.05, 0.1) is 6.54 Å². The summed E-state index contributed by atoms with van der Waals surface area (Å²) in [5.41, 5.74) is 4.69. The van der Waals surface area contributed by atoms with Gasteiger partial charge in [0.2, 0.25) is 5.91 Å². The number of benzene rings is 2. The number of aromatic carboxylic acids is 1. The van der Waals surface area contributed by atoms with Gasteiger partial charge in [-0.25, -0.2) is 14.6 Å². The first-order valence-electron chi connectivity index (χ1n) is 11.5. The molecule has 1 fully saturated rings. The zero-order chi connectivity index (χ0) is 24.5. The Labute approximate surface area is 206 Å². The van der Waals surface area contributed by atoms with Crippen molar-refractivity contribution in [2.24, 2.45) is 11.8 Å². The summed E-state index contributed by atoms with van der Waals surface area (Å²) in [5.74, 6) is -1.30. The van der Waals surface area contributed by atoms with E-state index >= 15 is 0 Å². The van der Waals surface area contributed by atoms with Crippen molar-refractivity contribution in [1.29, 1.82) is 0 Å². The van der Waals surface area contributed by atoms with E-state index < -0.39 is 12.1 Å². The van der Waals surface area contributed by atoms with Gasteiger partial charge >= 0.3 is 12.1 Å². The quantitative estimate of drug-likeness (QED) is 0.439. The molecular weight excluding hydrogens is 466 g/mol. The van der Waals surface area contributed by atoms with Crippen LogP contribution in [0.1, 0.15) is 43.8 Å². The van der Waals surface area contributed by atoms with Crippen LogP contribution < -0.4 is 10.6 Å². The molecule has 9 heteroatoms. The average Bonchev–Trinajstić information content (AvgIpc) is 3.44. The first-order valence-corrected chi connectivity index (χ1v) is 12.3. The van der Waals surface area contributed by atoms with Gasteiger partial charge in [0.15, 0.2) is 5.69 Å². The predicted molar refractivity (Wildman–Crippen MR) is 130 cm³/mol. The Morgan fingerprint density at radius 1 is 1.06 bits per heavy atom. The van der Waals surface area contributed by atoms with Crippen LogP contribution in [0.2, 0.25) is 0 Å². The highest BCUT2D eigenvalue weighted by atomic mass is 32.1. The molecule has 0 bridgehead atoms. The van der Waals surface area contributed by atoms with Gasteiger partial charge in [-0.2, -0.15) is 0 Å². The number of aromatic nitrogens is 1. The third-order valence-electron chi connectivity index (χ3n) is 6.57. The van der Waals surface area contributed by atoms with Gasteiger partial charge in [0, 0.05) is 23.3 Å². The van der Waals surface area contributed by atoms with E-state index in [4.69, 9.17) is 9.84 Å². The molecule has 2 aliphatic rings. The minimum Gasteiger partial charge on any atom is -0.476 e. The molecule has 0 radical (unpaired) electrons. The van der Waals surface area contributed by atoms with Crippen molar-refractivity contribution in [3.63, 3.8) is 0 Å². The van der Waals surface area contributed by atoms with E-state index in [-0.39, 0.29) is 42.5 Å². The number of carbonyl (C=O) groups excluding carboxylic acids is 2. The van der Waals surface area contributed by atoms with E-state index in [1.807, 2.05) is 24.3 Å². The summed E-state index contributed by atoms with van der Waals surface area (Å²) in [7, 11) is 0. The van der Waals surface area contributed by atoms with Crippen LogP contribution in [-0.4, -0.2) is 41.2 Å². The molecule has 8 nitrogen and oxygen atoms in total. The number of nitrogens with zero attached hydrogens (tertiary/aromatic N) is 1. The average molecular weight is 492 g/mol. The van der Waals surface area contributed by atoms with Crippen LogP contribution >= 0.6 is 11.3 Å². The van der Waals surface area contributed by atoms with Crippen molar-refractivity contribution in [2.75, 3.05) is 13.2 Å². The van der Waals surface area contributed by atoms with Crippen molar-refractivity contribution in [3.8, 4) is 11.1 Å². The van der Waals surface area contributed by atoms with Gasteiger partial charge in [-0.05, 0) is 41.5 Å². The Bertz CT molecular complexity index is 1260. The number of carbonyl (C=O) groups is 3. The van der Waals surface area contributed by atoms with Crippen molar-refractivity contribution >= 4 is 29.3 Å². The third kappa shape index (κ3) is 4.77. The molecule has 3 N–H and O–H groups in total. The predicted octanol–water partition coefficient (Wildman–Crippen LogP) is 3.94. The monoisotopic (exact) mass is 491 g/mol. The summed E-state index contributed by atoms with van der Waals surface area (Å²) in [6.07, 6.45) is 0.199. The van der Waals surface area contributed by atoms with Gasteiger partial charge in [0.25, 0.3) is 0 Å². The maximum atomic E-state index is 12.4. The Kier molecular flexibility index (Phi) is 6.25. The lowest BCUT2D eigenvalue weighted by Gasteiger charge is -2.14. The van der Waals surface area contributed by atoms with E-state index in [2.05, 4.69) is 39.9 Å². The molecule has 0 saturated heterocycles. The molecule has 2 aromatic carbocycles. The molecule has 1 saturated carbocycles. The van der Waals surface area contributed by atoms with Crippen molar-refractivity contribution < 1.29 is 24.2 Å². The third-order valence-corrected chi connectivity index (χ3v) is 7.54. The van der Waals surface area contributed by atoms with Crippen LogP contribution in [0.25, 0.3) is 11.1 Å². The van der Waals surface area contributed by atoms with Crippen LogP contribution in [0.3, 0.4) is 0 Å². The van der Waals surface area contributed by atoms with Gasteiger partial charge in [-0.3, -0.25) is 4.79 Å². The number of nitrogens with one attached hydrogen (secondary N) is 2. The number of carboxylic acids is 1. The molecule has 0 unspecified atom stereocenters. The molecule has 2 atom stereocenters. The largest absolute Gasteiger partial charge is 0.476 e. The highest BCUT2D eigenvalue weighted by Gasteiger charge is 2.43. The lowest BCUT2D eigenvalue weighted by atomic mass is 9.98. The fourth-order valence-electron chi connectivity index (χ4n) is 4.68. The van der Waals surface area contributed by atoms with Gasteiger partial charge in [-0.1, -0.05) is 48.5 Å². The zero-order valence-corrected chi connectivity index (χ0v) is 19.9. The van der Waals surface area contributed by atoms with Crippen LogP contribution in [0.4, 0.5) is 4.79 Å². The van der Waals surface area contributed by atoms with Crippen LogP contribution in [0.5, 0.6) is 0 Å². The second-order valence-electron chi connectivity index (χ2n) is 8.84. The first kappa shape index (κ1) is 23.0. The number of aryl methyl sites for hydroxylation is 1. The molecule has 1 heterocycles. The summed E-state index contributed by atoms with van der Waals surface area (Å²) in [6.45, 7) is 2.51. The minimum absolute atomic E-state index is 0.00346. The highest BCUT2D eigenvalue weighted by Crippen LogP contribution is 2.44. The Morgan fingerprint density at radius 3 is 2.34 bits per heavy atom. The molecule has 5 rings (SSSR count). The van der Waals surface area contributed by atoms with Crippen molar-refractivity contribution in [2.45, 2.75) is 25.8 Å². The summed E-state index contributed by atoms with van der Waals surface area (Å²) >= 11 is 1.26. The lowest BCUT2D eigenvalue weighted by Crippen LogP contribution is -2.30. The molecule has 35 heavy (non-hydrogen) atoms. The topological polar surface area (TPSA) is 118 Å². The number of alkyl carbamates (subject to hydrolysis) is 1.